The molecule has 3 nitrogen and oxygen atoms in total. The van der Waals surface area contributed by atoms with Crippen molar-refractivity contribution >= 4 is 26.8 Å². The number of fused-ring (bicyclic) bond motifs is 1. The van der Waals surface area contributed by atoms with Gasteiger partial charge in [0.2, 0.25) is 0 Å². The zero-order valence-corrected chi connectivity index (χ0v) is 12.4. The molecule has 1 aromatic heterocycles. The molecule has 0 radical (unpaired) electrons. The number of para-hydroxylation sites is 1. The molecule has 4 heteroatoms. The first kappa shape index (κ1) is 13.3. The summed E-state index contributed by atoms with van der Waals surface area (Å²) in [5.41, 5.74) is 7.16. The van der Waals surface area contributed by atoms with Gasteiger partial charge < -0.3 is 10.3 Å². The van der Waals surface area contributed by atoms with Crippen LogP contribution in [0.1, 0.15) is 19.4 Å². The van der Waals surface area contributed by atoms with Gasteiger partial charge in [0, 0.05) is 29.0 Å². The minimum Gasteiger partial charge on any atom is -0.330 e. The predicted octanol–water partition coefficient (Wildman–Crippen LogP) is 2.54. The van der Waals surface area contributed by atoms with E-state index in [1.807, 2.05) is 38.1 Å². The third-order valence-corrected chi connectivity index (χ3v) is 4.07. The maximum atomic E-state index is 12.4. The number of hydrogen-bond acceptors (Lipinski definition) is 2. The van der Waals surface area contributed by atoms with Gasteiger partial charge in [0.1, 0.15) is 0 Å². The van der Waals surface area contributed by atoms with E-state index < -0.39 is 0 Å². The molecule has 0 atom stereocenters. The van der Waals surface area contributed by atoms with Crippen LogP contribution in [0.2, 0.25) is 0 Å². The quantitative estimate of drug-likeness (QED) is 0.927. The predicted molar refractivity (Wildman–Crippen MR) is 79.0 cm³/mol. The summed E-state index contributed by atoms with van der Waals surface area (Å²) >= 11 is 3.49. The van der Waals surface area contributed by atoms with E-state index in [-0.39, 0.29) is 11.0 Å². The Kier molecular flexibility index (Phi) is 3.34. The molecular weight excluding hydrogens is 292 g/mol. The first-order valence-corrected chi connectivity index (χ1v) is 6.66. The molecule has 0 saturated heterocycles. The third-order valence-electron chi connectivity index (χ3n) is 3.43. The number of rotatable bonds is 2. The van der Waals surface area contributed by atoms with Crippen LogP contribution in [0.5, 0.6) is 0 Å². The fraction of sp³-hybridized carbons (Fsp3) is 0.357. The van der Waals surface area contributed by atoms with Crippen LogP contribution in [0.25, 0.3) is 10.9 Å². The zero-order valence-electron chi connectivity index (χ0n) is 10.8. The number of nitrogens with two attached hydrogens (primary N) is 1. The molecule has 0 amide bonds. The van der Waals surface area contributed by atoms with Gasteiger partial charge in [0.05, 0.1) is 5.52 Å². The normalized spacial score (nSPS) is 12.1. The summed E-state index contributed by atoms with van der Waals surface area (Å²) in [6.07, 6.45) is 0. The van der Waals surface area contributed by atoms with E-state index in [9.17, 15) is 4.79 Å². The van der Waals surface area contributed by atoms with Crippen molar-refractivity contribution in [3.8, 4) is 0 Å². The van der Waals surface area contributed by atoms with Crippen molar-refractivity contribution in [3.05, 3.63) is 44.7 Å². The number of nitrogens with zero attached hydrogens (tertiary/aromatic N) is 1. The lowest BCUT2D eigenvalue weighted by atomic mass is 9.85. The minimum atomic E-state index is -0.314. The molecule has 0 spiro atoms. The second-order valence-electron chi connectivity index (χ2n) is 5.19. The highest BCUT2D eigenvalue weighted by atomic mass is 79.9. The highest BCUT2D eigenvalue weighted by molar-refractivity contribution is 9.10. The van der Waals surface area contributed by atoms with Crippen molar-refractivity contribution in [2.45, 2.75) is 19.3 Å². The Bertz CT molecular complexity index is 659. The highest BCUT2D eigenvalue weighted by Crippen LogP contribution is 2.26. The molecule has 1 aromatic carbocycles. The fourth-order valence-electron chi connectivity index (χ4n) is 2.10. The number of pyridine rings is 1. The van der Waals surface area contributed by atoms with Gasteiger partial charge in [-0.15, -0.1) is 0 Å². The number of hydrogen-bond donors (Lipinski definition) is 1. The molecule has 0 aliphatic carbocycles. The molecule has 0 saturated carbocycles. The highest BCUT2D eigenvalue weighted by Gasteiger charge is 2.23. The van der Waals surface area contributed by atoms with Crippen LogP contribution >= 0.6 is 15.9 Å². The van der Waals surface area contributed by atoms with Gasteiger partial charge >= 0.3 is 0 Å². The van der Waals surface area contributed by atoms with Crippen molar-refractivity contribution < 1.29 is 0 Å². The second-order valence-corrected chi connectivity index (χ2v) is 6.04. The summed E-state index contributed by atoms with van der Waals surface area (Å²) in [7, 11) is 1.80. The van der Waals surface area contributed by atoms with E-state index in [1.54, 1.807) is 11.6 Å². The zero-order chi connectivity index (χ0) is 13.5. The maximum Gasteiger partial charge on any atom is 0.254 e. The number of aryl methyl sites for hydroxylation is 1. The first-order chi connectivity index (χ1) is 8.38. The van der Waals surface area contributed by atoms with E-state index in [2.05, 4.69) is 15.9 Å². The average Bonchev–Trinajstić information content (AvgIpc) is 2.33. The molecule has 0 bridgehead atoms. The van der Waals surface area contributed by atoms with Gasteiger partial charge in [0.25, 0.3) is 5.56 Å². The Hall–Kier alpha value is -1.13. The second kappa shape index (κ2) is 4.52. The molecule has 0 fully saturated rings. The third kappa shape index (κ3) is 1.99. The Morgan fingerprint density at radius 2 is 2.06 bits per heavy atom. The summed E-state index contributed by atoms with van der Waals surface area (Å²) in [4.78, 5) is 12.4. The Balaban J connectivity index is 2.89. The topological polar surface area (TPSA) is 48.0 Å². The molecular formula is C14H17BrN2O. The summed E-state index contributed by atoms with van der Waals surface area (Å²) in [5, 5.41) is 1.04. The molecule has 0 aliphatic heterocycles. The molecule has 0 unspecified atom stereocenters. The molecule has 96 valence electrons. The smallest absolute Gasteiger partial charge is 0.254 e. The van der Waals surface area contributed by atoms with Gasteiger partial charge in [0.15, 0.2) is 0 Å². The standard InChI is InChI=1S/C14H17BrN2O/c1-14(2,8-16)10-7-9-5-4-6-11(15)12(9)17(3)13(10)18/h4-7H,8,16H2,1-3H3. The van der Waals surface area contributed by atoms with Crippen molar-refractivity contribution in [3.63, 3.8) is 0 Å². The van der Waals surface area contributed by atoms with Crippen molar-refractivity contribution in [2.75, 3.05) is 6.54 Å². The van der Waals surface area contributed by atoms with Crippen LogP contribution in [0.3, 0.4) is 0 Å². The number of halogens is 1. The van der Waals surface area contributed by atoms with Gasteiger partial charge in [-0.05, 0) is 33.4 Å². The largest absolute Gasteiger partial charge is 0.330 e. The fourth-order valence-corrected chi connectivity index (χ4v) is 2.74. The Labute approximate surface area is 115 Å². The van der Waals surface area contributed by atoms with E-state index >= 15 is 0 Å². The van der Waals surface area contributed by atoms with Crippen LogP contribution in [-0.2, 0) is 12.5 Å². The Morgan fingerprint density at radius 3 is 2.67 bits per heavy atom. The van der Waals surface area contributed by atoms with E-state index in [1.165, 1.54) is 0 Å². The number of aromatic nitrogens is 1. The van der Waals surface area contributed by atoms with Crippen LogP contribution in [-0.4, -0.2) is 11.1 Å². The lowest BCUT2D eigenvalue weighted by molar-refractivity contribution is 0.529. The van der Waals surface area contributed by atoms with Crippen molar-refractivity contribution in [1.29, 1.82) is 0 Å². The molecule has 1 heterocycles. The van der Waals surface area contributed by atoms with E-state index in [4.69, 9.17) is 5.73 Å². The molecule has 2 N–H and O–H groups in total. The number of benzene rings is 1. The lowest BCUT2D eigenvalue weighted by Crippen LogP contribution is -2.36. The van der Waals surface area contributed by atoms with Crippen LogP contribution < -0.4 is 11.3 Å². The average molecular weight is 309 g/mol. The van der Waals surface area contributed by atoms with Crippen LogP contribution in [0, 0.1) is 0 Å². The van der Waals surface area contributed by atoms with Gasteiger partial charge in [-0.3, -0.25) is 4.79 Å². The maximum absolute atomic E-state index is 12.4. The molecule has 18 heavy (non-hydrogen) atoms. The van der Waals surface area contributed by atoms with Gasteiger partial charge in [-0.25, -0.2) is 0 Å². The summed E-state index contributed by atoms with van der Waals surface area (Å²) in [5.74, 6) is 0. The summed E-state index contributed by atoms with van der Waals surface area (Å²) in [6, 6.07) is 7.87. The molecule has 2 rings (SSSR count). The SMILES string of the molecule is Cn1c(=O)c(C(C)(C)CN)cc2cccc(Br)c21. The van der Waals surface area contributed by atoms with Gasteiger partial charge in [-0.1, -0.05) is 26.0 Å². The molecule has 2 aromatic rings. The Morgan fingerprint density at radius 1 is 1.39 bits per heavy atom. The van der Waals surface area contributed by atoms with Crippen LogP contribution in [0.15, 0.2) is 33.5 Å². The minimum absolute atomic E-state index is 0.0184. The molecule has 0 aliphatic rings. The monoisotopic (exact) mass is 308 g/mol. The summed E-state index contributed by atoms with van der Waals surface area (Å²) < 4.78 is 2.61. The van der Waals surface area contributed by atoms with Crippen molar-refractivity contribution in [2.24, 2.45) is 12.8 Å². The van der Waals surface area contributed by atoms with E-state index in [0.29, 0.717) is 6.54 Å². The lowest BCUT2D eigenvalue weighted by Gasteiger charge is -2.23. The van der Waals surface area contributed by atoms with E-state index in [0.717, 1.165) is 20.9 Å². The van der Waals surface area contributed by atoms with Crippen molar-refractivity contribution in [1.82, 2.24) is 4.57 Å². The summed E-state index contributed by atoms with van der Waals surface area (Å²) in [6.45, 7) is 4.43. The van der Waals surface area contributed by atoms with Crippen LogP contribution in [0.4, 0.5) is 0 Å². The first-order valence-electron chi connectivity index (χ1n) is 5.87. The van der Waals surface area contributed by atoms with Gasteiger partial charge in [-0.2, -0.15) is 0 Å².